The SMILES string of the molecule is O=C(O)C1CCN(C(=O)NCCc2ccccc2[N+](=O)[O-])C1. The number of urea groups is 1. The van der Waals surface area contributed by atoms with E-state index in [4.69, 9.17) is 5.11 Å². The van der Waals surface area contributed by atoms with Gasteiger partial charge in [0, 0.05) is 31.3 Å². The number of nitro benzene ring substituents is 1. The minimum atomic E-state index is -0.893. The van der Waals surface area contributed by atoms with Crippen molar-refractivity contribution in [3.05, 3.63) is 39.9 Å². The van der Waals surface area contributed by atoms with Crippen LogP contribution in [-0.4, -0.2) is 46.6 Å². The molecule has 1 aliphatic heterocycles. The molecule has 1 unspecified atom stereocenters. The Balaban J connectivity index is 1.83. The number of benzene rings is 1. The van der Waals surface area contributed by atoms with Gasteiger partial charge in [-0.25, -0.2) is 4.79 Å². The number of aliphatic carboxylic acids is 1. The van der Waals surface area contributed by atoms with Crippen molar-refractivity contribution in [1.29, 1.82) is 0 Å². The Morgan fingerprint density at radius 1 is 1.41 bits per heavy atom. The molecule has 0 aliphatic carbocycles. The first-order valence-corrected chi connectivity index (χ1v) is 6.97. The van der Waals surface area contributed by atoms with Gasteiger partial charge >= 0.3 is 12.0 Å². The summed E-state index contributed by atoms with van der Waals surface area (Å²) in [7, 11) is 0. The van der Waals surface area contributed by atoms with Crippen LogP contribution in [-0.2, 0) is 11.2 Å². The molecule has 22 heavy (non-hydrogen) atoms. The molecule has 0 spiro atoms. The smallest absolute Gasteiger partial charge is 0.317 e. The molecule has 1 atom stereocenters. The standard InChI is InChI=1S/C14H17N3O5/c18-13(19)11-6-8-16(9-11)14(20)15-7-5-10-3-1-2-4-12(10)17(21)22/h1-4,11H,5-9H2,(H,15,20)(H,18,19). The zero-order chi connectivity index (χ0) is 16.1. The summed E-state index contributed by atoms with van der Waals surface area (Å²) in [4.78, 5) is 34.6. The molecule has 8 nitrogen and oxygen atoms in total. The highest BCUT2D eigenvalue weighted by atomic mass is 16.6. The molecular weight excluding hydrogens is 290 g/mol. The summed E-state index contributed by atoms with van der Waals surface area (Å²) in [5.41, 5.74) is 0.585. The van der Waals surface area contributed by atoms with E-state index in [0.717, 1.165) is 0 Å². The first kappa shape index (κ1) is 15.7. The molecule has 1 fully saturated rings. The fourth-order valence-corrected chi connectivity index (χ4v) is 2.46. The molecule has 1 saturated heterocycles. The Hall–Kier alpha value is -2.64. The highest BCUT2D eigenvalue weighted by molar-refractivity contribution is 5.77. The number of rotatable bonds is 5. The van der Waals surface area contributed by atoms with Gasteiger partial charge in [-0.2, -0.15) is 0 Å². The summed E-state index contributed by atoms with van der Waals surface area (Å²) in [5.74, 6) is -1.41. The molecule has 0 bridgehead atoms. The summed E-state index contributed by atoms with van der Waals surface area (Å²) < 4.78 is 0. The number of nitrogens with one attached hydrogen (secondary N) is 1. The number of amides is 2. The van der Waals surface area contributed by atoms with Crippen LogP contribution in [0, 0.1) is 16.0 Å². The van der Waals surface area contributed by atoms with E-state index in [1.807, 2.05) is 0 Å². The summed E-state index contributed by atoms with van der Waals surface area (Å²) in [5, 5.41) is 22.5. The molecule has 0 saturated carbocycles. The van der Waals surface area contributed by atoms with Crippen molar-refractivity contribution in [3.63, 3.8) is 0 Å². The Bertz CT molecular complexity index is 590. The highest BCUT2D eigenvalue weighted by Gasteiger charge is 2.30. The first-order chi connectivity index (χ1) is 10.5. The summed E-state index contributed by atoms with van der Waals surface area (Å²) in [6.07, 6.45) is 0.798. The van der Waals surface area contributed by atoms with E-state index in [2.05, 4.69) is 5.32 Å². The van der Waals surface area contributed by atoms with Crippen LogP contribution in [0.4, 0.5) is 10.5 Å². The minimum Gasteiger partial charge on any atom is -0.481 e. The van der Waals surface area contributed by atoms with Crippen molar-refractivity contribution < 1.29 is 19.6 Å². The second-order valence-corrected chi connectivity index (χ2v) is 5.14. The van der Waals surface area contributed by atoms with Crippen LogP contribution in [0.2, 0.25) is 0 Å². The predicted octanol–water partition coefficient (Wildman–Crippen LogP) is 1.25. The van der Waals surface area contributed by atoms with Gasteiger partial charge in [-0.3, -0.25) is 14.9 Å². The van der Waals surface area contributed by atoms with Gasteiger partial charge < -0.3 is 15.3 Å². The molecular formula is C14H17N3O5. The fourth-order valence-electron chi connectivity index (χ4n) is 2.46. The van der Waals surface area contributed by atoms with Crippen molar-refractivity contribution in [1.82, 2.24) is 10.2 Å². The van der Waals surface area contributed by atoms with Crippen LogP contribution in [0.5, 0.6) is 0 Å². The predicted molar refractivity (Wildman–Crippen MR) is 77.5 cm³/mol. The van der Waals surface area contributed by atoms with Crippen molar-refractivity contribution in [2.24, 2.45) is 5.92 Å². The molecule has 1 aromatic carbocycles. The monoisotopic (exact) mass is 307 g/mol. The van der Waals surface area contributed by atoms with Crippen LogP contribution in [0.15, 0.2) is 24.3 Å². The van der Waals surface area contributed by atoms with Gasteiger partial charge in [0.05, 0.1) is 10.8 Å². The molecule has 0 radical (unpaired) electrons. The number of carbonyl (C=O) groups excluding carboxylic acids is 1. The van der Waals surface area contributed by atoms with Crippen LogP contribution in [0.3, 0.4) is 0 Å². The maximum Gasteiger partial charge on any atom is 0.317 e. The lowest BCUT2D eigenvalue weighted by Crippen LogP contribution is -2.39. The third-order valence-corrected chi connectivity index (χ3v) is 3.68. The molecule has 2 amide bonds. The van der Waals surface area contributed by atoms with Gasteiger partial charge in [0.2, 0.25) is 0 Å². The first-order valence-electron chi connectivity index (χ1n) is 6.97. The number of para-hydroxylation sites is 1. The number of hydrogen-bond acceptors (Lipinski definition) is 4. The Labute approximate surface area is 126 Å². The Morgan fingerprint density at radius 3 is 2.77 bits per heavy atom. The van der Waals surface area contributed by atoms with Crippen LogP contribution in [0.1, 0.15) is 12.0 Å². The number of carboxylic acids is 1. The molecule has 118 valence electrons. The van der Waals surface area contributed by atoms with Gasteiger partial charge in [-0.15, -0.1) is 0 Å². The zero-order valence-corrected chi connectivity index (χ0v) is 11.9. The lowest BCUT2D eigenvalue weighted by Gasteiger charge is -2.16. The number of likely N-dealkylation sites (tertiary alicyclic amines) is 1. The third-order valence-electron chi connectivity index (χ3n) is 3.68. The number of carbonyl (C=O) groups is 2. The topological polar surface area (TPSA) is 113 Å². The molecule has 1 aromatic rings. The van der Waals surface area contributed by atoms with Gasteiger partial charge in [-0.05, 0) is 12.8 Å². The van der Waals surface area contributed by atoms with Crippen molar-refractivity contribution >= 4 is 17.7 Å². The van der Waals surface area contributed by atoms with Gasteiger partial charge in [0.15, 0.2) is 0 Å². The van der Waals surface area contributed by atoms with E-state index < -0.39 is 16.8 Å². The number of nitrogens with zero attached hydrogens (tertiary/aromatic N) is 2. The lowest BCUT2D eigenvalue weighted by atomic mass is 10.1. The maximum atomic E-state index is 11.9. The van der Waals surface area contributed by atoms with Gasteiger partial charge in [0.1, 0.15) is 0 Å². The number of nitro groups is 1. The normalized spacial score (nSPS) is 17.3. The fraction of sp³-hybridized carbons (Fsp3) is 0.429. The van der Waals surface area contributed by atoms with E-state index in [1.165, 1.54) is 11.0 Å². The van der Waals surface area contributed by atoms with Crippen molar-refractivity contribution in [3.8, 4) is 0 Å². The summed E-state index contributed by atoms with van der Waals surface area (Å²) >= 11 is 0. The Morgan fingerprint density at radius 2 is 2.14 bits per heavy atom. The number of carboxylic acid groups (broad SMARTS) is 1. The highest BCUT2D eigenvalue weighted by Crippen LogP contribution is 2.18. The minimum absolute atomic E-state index is 0.0314. The van der Waals surface area contributed by atoms with Crippen LogP contribution < -0.4 is 5.32 Å². The second-order valence-electron chi connectivity index (χ2n) is 5.14. The van der Waals surface area contributed by atoms with E-state index >= 15 is 0 Å². The molecule has 2 N–H and O–H groups in total. The van der Waals surface area contributed by atoms with Crippen molar-refractivity contribution in [2.75, 3.05) is 19.6 Å². The van der Waals surface area contributed by atoms with Crippen LogP contribution >= 0.6 is 0 Å². The quantitative estimate of drug-likeness (QED) is 0.628. The molecule has 0 aromatic heterocycles. The zero-order valence-electron chi connectivity index (χ0n) is 11.9. The van der Waals surface area contributed by atoms with Gasteiger partial charge in [0.25, 0.3) is 5.69 Å². The Kier molecular flexibility index (Phi) is 4.92. The van der Waals surface area contributed by atoms with E-state index in [-0.39, 0.29) is 24.8 Å². The average Bonchev–Trinajstić information content (AvgIpc) is 2.97. The third kappa shape index (κ3) is 3.72. The summed E-state index contributed by atoms with van der Waals surface area (Å²) in [6, 6.07) is 6.05. The van der Waals surface area contributed by atoms with E-state index in [1.54, 1.807) is 18.2 Å². The van der Waals surface area contributed by atoms with Crippen molar-refractivity contribution in [2.45, 2.75) is 12.8 Å². The molecule has 1 aliphatic rings. The average molecular weight is 307 g/mol. The van der Waals surface area contributed by atoms with E-state index in [0.29, 0.717) is 24.9 Å². The van der Waals surface area contributed by atoms with E-state index in [9.17, 15) is 19.7 Å². The van der Waals surface area contributed by atoms with Crippen LogP contribution in [0.25, 0.3) is 0 Å². The lowest BCUT2D eigenvalue weighted by molar-refractivity contribution is -0.385. The molecule has 8 heteroatoms. The van der Waals surface area contributed by atoms with Gasteiger partial charge in [-0.1, -0.05) is 18.2 Å². The largest absolute Gasteiger partial charge is 0.481 e. The number of hydrogen-bond donors (Lipinski definition) is 2. The second kappa shape index (κ2) is 6.88. The molecule has 2 rings (SSSR count). The summed E-state index contributed by atoms with van der Waals surface area (Å²) in [6.45, 7) is 0.874. The maximum absolute atomic E-state index is 11.9. The molecule has 1 heterocycles.